The quantitative estimate of drug-likeness (QED) is 0.696. The zero-order chi connectivity index (χ0) is 19.6. The molecule has 0 aliphatic heterocycles. The van der Waals surface area contributed by atoms with Crippen LogP contribution in [0.2, 0.25) is 10.0 Å². The average Bonchev–Trinajstić information content (AvgIpc) is 2.61. The number of carbonyl (C=O) groups excluding carboxylic acids is 1. The molecule has 3 aromatic rings. The minimum atomic E-state index is -0.360. The second-order valence-electron chi connectivity index (χ2n) is 6.46. The molecule has 0 saturated heterocycles. The summed E-state index contributed by atoms with van der Waals surface area (Å²) in [5.74, 6) is -0.360. The first-order valence-corrected chi connectivity index (χ1v) is 9.15. The van der Waals surface area contributed by atoms with Gasteiger partial charge in [-0.3, -0.25) is 9.59 Å². The van der Waals surface area contributed by atoms with Crippen LogP contribution in [0.4, 0.5) is 5.69 Å². The highest BCUT2D eigenvalue weighted by Crippen LogP contribution is 2.25. The molecule has 1 N–H and O–H groups in total. The Hall–Kier alpha value is -2.34. The Morgan fingerprint density at radius 3 is 2.59 bits per heavy atom. The summed E-state index contributed by atoms with van der Waals surface area (Å²) in [5.41, 5.74) is 0.785. The number of pyridine rings is 1. The predicted octanol–water partition coefficient (Wildman–Crippen LogP) is 4.12. The number of hydrogen-bond acceptors (Lipinski definition) is 3. The van der Waals surface area contributed by atoms with Crippen LogP contribution in [-0.4, -0.2) is 36.0 Å². The molecule has 5 nitrogen and oxygen atoms in total. The van der Waals surface area contributed by atoms with E-state index in [1.54, 1.807) is 41.1 Å². The first-order chi connectivity index (χ1) is 12.9. The lowest BCUT2D eigenvalue weighted by atomic mass is 10.1. The van der Waals surface area contributed by atoms with E-state index in [0.717, 1.165) is 6.54 Å². The number of amides is 1. The number of aromatic nitrogens is 1. The molecule has 1 heterocycles. The fraction of sp³-hybridized carbons (Fsp3) is 0.200. The summed E-state index contributed by atoms with van der Waals surface area (Å²) in [4.78, 5) is 27.3. The van der Waals surface area contributed by atoms with E-state index in [4.69, 9.17) is 23.2 Å². The zero-order valence-electron chi connectivity index (χ0n) is 15.0. The molecule has 0 spiro atoms. The summed E-state index contributed by atoms with van der Waals surface area (Å²) in [6.07, 6.45) is 1.75. The van der Waals surface area contributed by atoms with Crippen LogP contribution >= 0.6 is 23.2 Å². The maximum atomic E-state index is 12.7. The molecule has 0 aliphatic carbocycles. The number of benzene rings is 2. The number of likely N-dealkylation sites (N-methyl/N-ethyl adjacent to an activating group) is 1. The van der Waals surface area contributed by atoms with Crippen molar-refractivity contribution in [2.24, 2.45) is 0 Å². The zero-order valence-corrected chi connectivity index (χ0v) is 16.5. The summed E-state index contributed by atoms with van der Waals surface area (Å²) >= 11 is 12.0. The van der Waals surface area contributed by atoms with Gasteiger partial charge in [-0.1, -0.05) is 29.3 Å². The van der Waals surface area contributed by atoms with Crippen LogP contribution in [0.1, 0.15) is 10.4 Å². The third-order valence-corrected chi connectivity index (χ3v) is 4.78. The average molecular weight is 404 g/mol. The Labute approximate surface area is 167 Å². The second kappa shape index (κ2) is 8.13. The second-order valence-corrected chi connectivity index (χ2v) is 7.31. The van der Waals surface area contributed by atoms with Gasteiger partial charge in [0.1, 0.15) is 0 Å². The molecule has 0 saturated carbocycles. The Bertz CT molecular complexity index is 1060. The van der Waals surface area contributed by atoms with Crippen molar-refractivity contribution in [2.45, 2.75) is 6.54 Å². The topological polar surface area (TPSA) is 54.3 Å². The van der Waals surface area contributed by atoms with E-state index >= 15 is 0 Å². The Balaban J connectivity index is 1.94. The molecule has 1 amide bonds. The number of hydrogen-bond donors (Lipinski definition) is 1. The van der Waals surface area contributed by atoms with Crippen molar-refractivity contribution in [3.05, 3.63) is 74.6 Å². The van der Waals surface area contributed by atoms with E-state index in [1.807, 2.05) is 25.1 Å². The molecular formula is C20H19Cl2N3O2. The van der Waals surface area contributed by atoms with Gasteiger partial charge in [0, 0.05) is 40.8 Å². The minimum absolute atomic E-state index is 0.0880. The lowest BCUT2D eigenvalue weighted by Crippen LogP contribution is -2.26. The molecule has 0 atom stereocenters. The molecule has 3 rings (SSSR count). The van der Waals surface area contributed by atoms with E-state index in [2.05, 4.69) is 5.32 Å². The Kier molecular flexibility index (Phi) is 5.85. The lowest BCUT2D eigenvalue weighted by molar-refractivity contribution is 0.102. The summed E-state index contributed by atoms with van der Waals surface area (Å²) in [7, 11) is 3.92. The van der Waals surface area contributed by atoms with E-state index in [0.29, 0.717) is 33.6 Å². The van der Waals surface area contributed by atoms with Gasteiger partial charge in [0.2, 0.25) is 0 Å². The molecule has 0 aliphatic rings. The fourth-order valence-corrected chi connectivity index (χ4v) is 3.27. The van der Waals surface area contributed by atoms with Gasteiger partial charge in [0.25, 0.3) is 11.5 Å². The highest BCUT2D eigenvalue weighted by molar-refractivity contribution is 6.37. The van der Waals surface area contributed by atoms with Crippen LogP contribution < -0.4 is 10.9 Å². The van der Waals surface area contributed by atoms with Gasteiger partial charge in [0.15, 0.2) is 0 Å². The van der Waals surface area contributed by atoms with Crippen molar-refractivity contribution < 1.29 is 4.79 Å². The number of rotatable bonds is 5. The number of halogens is 2. The third kappa shape index (κ3) is 4.33. The van der Waals surface area contributed by atoms with Crippen molar-refractivity contribution in [1.82, 2.24) is 9.47 Å². The molecule has 0 unspecified atom stereocenters. The predicted molar refractivity (Wildman–Crippen MR) is 111 cm³/mol. The van der Waals surface area contributed by atoms with Crippen LogP contribution in [0.3, 0.4) is 0 Å². The van der Waals surface area contributed by atoms with Crippen molar-refractivity contribution in [2.75, 3.05) is 26.0 Å². The van der Waals surface area contributed by atoms with E-state index < -0.39 is 0 Å². The van der Waals surface area contributed by atoms with Crippen molar-refractivity contribution in [3.8, 4) is 0 Å². The van der Waals surface area contributed by atoms with Gasteiger partial charge in [-0.25, -0.2) is 0 Å². The summed E-state index contributed by atoms with van der Waals surface area (Å²) in [6.45, 7) is 1.36. The molecule has 1 aromatic heterocycles. The van der Waals surface area contributed by atoms with Crippen LogP contribution in [0, 0.1) is 0 Å². The SMILES string of the molecule is CN(C)CCn1ccc2c(NC(=O)c3ccc(Cl)cc3Cl)cccc2c1=O. The summed E-state index contributed by atoms with van der Waals surface area (Å²) in [5, 5.41) is 4.80. The van der Waals surface area contributed by atoms with E-state index in [9.17, 15) is 9.59 Å². The van der Waals surface area contributed by atoms with Crippen molar-refractivity contribution in [3.63, 3.8) is 0 Å². The highest BCUT2D eigenvalue weighted by atomic mass is 35.5. The van der Waals surface area contributed by atoms with E-state index in [-0.39, 0.29) is 16.5 Å². The molecule has 7 heteroatoms. The maximum absolute atomic E-state index is 12.7. The molecule has 140 valence electrons. The molecule has 0 fully saturated rings. The van der Waals surface area contributed by atoms with Crippen LogP contribution in [0.5, 0.6) is 0 Å². The molecular weight excluding hydrogens is 385 g/mol. The maximum Gasteiger partial charge on any atom is 0.258 e. The van der Waals surface area contributed by atoms with Gasteiger partial charge in [-0.15, -0.1) is 0 Å². The van der Waals surface area contributed by atoms with Crippen LogP contribution in [0.15, 0.2) is 53.5 Å². The number of nitrogens with zero attached hydrogens (tertiary/aromatic N) is 2. The number of fused-ring (bicyclic) bond motifs is 1. The molecule has 27 heavy (non-hydrogen) atoms. The number of carbonyl (C=O) groups is 1. The summed E-state index contributed by atoms with van der Waals surface area (Å²) in [6, 6.07) is 11.8. The fourth-order valence-electron chi connectivity index (χ4n) is 2.77. The number of nitrogens with one attached hydrogen (secondary N) is 1. The summed E-state index contributed by atoms with van der Waals surface area (Å²) < 4.78 is 1.67. The molecule has 0 bridgehead atoms. The smallest absolute Gasteiger partial charge is 0.258 e. The monoisotopic (exact) mass is 403 g/mol. The third-order valence-electron chi connectivity index (χ3n) is 4.23. The highest BCUT2D eigenvalue weighted by Gasteiger charge is 2.13. The van der Waals surface area contributed by atoms with Crippen LogP contribution in [0.25, 0.3) is 10.8 Å². The number of anilines is 1. The van der Waals surface area contributed by atoms with Gasteiger partial charge < -0.3 is 14.8 Å². The van der Waals surface area contributed by atoms with Crippen molar-refractivity contribution in [1.29, 1.82) is 0 Å². The minimum Gasteiger partial charge on any atom is -0.321 e. The van der Waals surface area contributed by atoms with Gasteiger partial charge >= 0.3 is 0 Å². The van der Waals surface area contributed by atoms with Crippen molar-refractivity contribution >= 4 is 45.6 Å². The van der Waals surface area contributed by atoms with Gasteiger partial charge in [0.05, 0.1) is 10.6 Å². The Morgan fingerprint density at radius 1 is 1.11 bits per heavy atom. The molecule has 0 radical (unpaired) electrons. The first kappa shape index (κ1) is 19.4. The largest absolute Gasteiger partial charge is 0.321 e. The molecule has 2 aromatic carbocycles. The van der Waals surface area contributed by atoms with Gasteiger partial charge in [-0.2, -0.15) is 0 Å². The first-order valence-electron chi connectivity index (χ1n) is 8.40. The lowest BCUT2D eigenvalue weighted by Gasteiger charge is -2.13. The Morgan fingerprint density at radius 2 is 1.89 bits per heavy atom. The van der Waals surface area contributed by atoms with Gasteiger partial charge in [-0.05, 0) is 50.5 Å². The van der Waals surface area contributed by atoms with Crippen LogP contribution in [-0.2, 0) is 6.54 Å². The standard InChI is InChI=1S/C20H19Cl2N3O2/c1-24(2)10-11-25-9-8-14-15(20(25)27)4-3-5-18(14)23-19(26)16-7-6-13(21)12-17(16)22/h3-9,12H,10-11H2,1-2H3,(H,23,26). The normalized spacial score (nSPS) is 11.1. The van der Waals surface area contributed by atoms with E-state index in [1.165, 1.54) is 6.07 Å².